The summed E-state index contributed by atoms with van der Waals surface area (Å²) >= 11 is 0. The van der Waals surface area contributed by atoms with Gasteiger partial charge < -0.3 is 14.7 Å². The summed E-state index contributed by atoms with van der Waals surface area (Å²) in [5.41, 5.74) is 0.670. The highest BCUT2D eigenvalue weighted by atomic mass is 16.5. The van der Waals surface area contributed by atoms with Gasteiger partial charge in [-0.25, -0.2) is 9.97 Å². The molecule has 2 saturated heterocycles. The molecule has 1 N–H and O–H groups in total. The van der Waals surface area contributed by atoms with Crippen LogP contribution in [0.3, 0.4) is 0 Å². The van der Waals surface area contributed by atoms with E-state index in [0.29, 0.717) is 17.8 Å². The summed E-state index contributed by atoms with van der Waals surface area (Å²) in [5, 5.41) is 9.00. The number of anilines is 1. The molecule has 0 unspecified atom stereocenters. The zero-order chi connectivity index (χ0) is 10.3. The molecule has 80 valence electrons. The van der Waals surface area contributed by atoms with Gasteiger partial charge in [0.1, 0.15) is 0 Å². The van der Waals surface area contributed by atoms with Crippen LogP contribution in [0.25, 0.3) is 0 Å². The van der Waals surface area contributed by atoms with Crippen LogP contribution in [0.2, 0.25) is 0 Å². The molecule has 1 aromatic heterocycles. The second kappa shape index (κ2) is 3.43. The topological polar surface area (TPSA) is 58.5 Å². The van der Waals surface area contributed by atoms with Crippen LogP contribution < -0.4 is 4.90 Å². The number of aromatic nitrogens is 2. The van der Waals surface area contributed by atoms with Gasteiger partial charge in [-0.2, -0.15) is 0 Å². The minimum Gasteiger partial charge on any atom is -0.390 e. The van der Waals surface area contributed by atoms with Crippen molar-refractivity contribution in [2.45, 2.75) is 25.2 Å². The van der Waals surface area contributed by atoms with E-state index in [2.05, 4.69) is 14.9 Å². The maximum absolute atomic E-state index is 9.00. The van der Waals surface area contributed by atoms with E-state index in [-0.39, 0.29) is 6.61 Å². The Morgan fingerprint density at radius 2 is 2.53 bits per heavy atom. The molecule has 2 fully saturated rings. The molecular weight excluding hydrogens is 194 g/mol. The molecule has 0 radical (unpaired) electrons. The fourth-order valence-corrected chi connectivity index (χ4v) is 2.26. The number of nitrogens with zero attached hydrogens (tertiary/aromatic N) is 3. The largest absolute Gasteiger partial charge is 0.390 e. The molecule has 0 aromatic carbocycles. The van der Waals surface area contributed by atoms with Gasteiger partial charge in [-0.3, -0.25) is 0 Å². The third kappa shape index (κ3) is 1.48. The maximum Gasteiger partial charge on any atom is 0.226 e. The fourth-order valence-electron chi connectivity index (χ4n) is 2.26. The van der Waals surface area contributed by atoms with Gasteiger partial charge in [-0.15, -0.1) is 0 Å². The quantitative estimate of drug-likeness (QED) is 0.736. The van der Waals surface area contributed by atoms with Crippen molar-refractivity contribution in [3.63, 3.8) is 0 Å². The van der Waals surface area contributed by atoms with Gasteiger partial charge in [0, 0.05) is 12.7 Å². The van der Waals surface area contributed by atoms with E-state index >= 15 is 0 Å². The Balaban J connectivity index is 1.86. The van der Waals surface area contributed by atoms with Crippen LogP contribution in [0.4, 0.5) is 5.95 Å². The van der Waals surface area contributed by atoms with Crippen LogP contribution in [0.5, 0.6) is 0 Å². The van der Waals surface area contributed by atoms with Crippen LogP contribution in [0, 0.1) is 0 Å². The van der Waals surface area contributed by atoms with Crippen molar-refractivity contribution in [1.29, 1.82) is 0 Å². The van der Waals surface area contributed by atoms with Crippen molar-refractivity contribution in [3.05, 3.63) is 18.0 Å². The molecule has 2 aliphatic rings. The van der Waals surface area contributed by atoms with Crippen LogP contribution in [-0.2, 0) is 11.3 Å². The summed E-state index contributed by atoms with van der Waals surface area (Å²) in [6.07, 6.45) is 3.12. The number of hydrogen-bond donors (Lipinski definition) is 1. The number of fused-ring (bicyclic) bond motifs is 2. The molecule has 0 amide bonds. The lowest BCUT2D eigenvalue weighted by Gasteiger charge is -2.26. The molecular formula is C10H13N3O2. The first kappa shape index (κ1) is 9.06. The van der Waals surface area contributed by atoms with Crippen molar-refractivity contribution < 1.29 is 9.84 Å². The van der Waals surface area contributed by atoms with Crippen molar-refractivity contribution in [1.82, 2.24) is 9.97 Å². The van der Waals surface area contributed by atoms with Crippen molar-refractivity contribution >= 4 is 5.95 Å². The van der Waals surface area contributed by atoms with Gasteiger partial charge >= 0.3 is 0 Å². The monoisotopic (exact) mass is 207 g/mol. The second-order valence-corrected chi connectivity index (χ2v) is 4.00. The van der Waals surface area contributed by atoms with Gasteiger partial charge in [0.25, 0.3) is 0 Å². The number of ether oxygens (including phenoxy) is 1. The minimum absolute atomic E-state index is 0.0338. The highest BCUT2D eigenvalue weighted by Crippen LogP contribution is 2.30. The molecule has 2 bridgehead atoms. The molecule has 5 nitrogen and oxygen atoms in total. The summed E-state index contributed by atoms with van der Waals surface area (Å²) in [5.74, 6) is 0.720. The first-order valence-corrected chi connectivity index (χ1v) is 5.18. The van der Waals surface area contributed by atoms with E-state index in [1.165, 1.54) is 0 Å². The lowest BCUT2D eigenvalue weighted by Crippen LogP contribution is -2.38. The second-order valence-electron chi connectivity index (χ2n) is 4.00. The molecule has 0 saturated carbocycles. The molecule has 5 heteroatoms. The van der Waals surface area contributed by atoms with Crippen LogP contribution >= 0.6 is 0 Å². The van der Waals surface area contributed by atoms with E-state index in [9.17, 15) is 0 Å². The summed E-state index contributed by atoms with van der Waals surface area (Å²) in [7, 11) is 0. The van der Waals surface area contributed by atoms with Crippen molar-refractivity contribution in [2.75, 3.05) is 18.1 Å². The van der Waals surface area contributed by atoms with Gasteiger partial charge in [0.15, 0.2) is 0 Å². The molecule has 2 aliphatic heterocycles. The van der Waals surface area contributed by atoms with Gasteiger partial charge in [0.05, 0.1) is 31.1 Å². The smallest absolute Gasteiger partial charge is 0.226 e. The lowest BCUT2D eigenvalue weighted by atomic mass is 10.2. The molecule has 15 heavy (non-hydrogen) atoms. The number of rotatable bonds is 2. The van der Waals surface area contributed by atoms with Crippen LogP contribution in [0.1, 0.15) is 12.1 Å². The predicted octanol–water partition coefficient (Wildman–Crippen LogP) is -0.0536. The number of aliphatic hydroxyl groups excluding tert-OH is 1. The zero-order valence-corrected chi connectivity index (χ0v) is 8.33. The SMILES string of the molecule is OCc1ccnc(N2C[C@@H]3C[C@H]2CO3)n1. The molecule has 3 rings (SSSR count). The van der Waals surface area contributed by atoms with Crippen molar-refractivity contribution in [2.24, 2.45) is 0 Å². The lowest BCUT2D eigenvalue weighted by molar-refractivity contribution is 0.0986. The number of morpholine rings is 1. The third-order valence-corrected chi connectivity index (χ3v) is 3.02. The average Bonchev–Trinajstić information content (AvgIpc) is 2.91. The molecule has 1 aromatic rings. The zero-order valence-electron chi connectivity index (χ0n) is 8.33. The molecule has 3 heterocycles. The first-order valence-electron chi connectivity index (χ1n) is 5.18. The minimum atomic E-state index is -0.0338. The third-order valence-electron chi connectivity index (χ3n) is 3.02. The Morgan fingerprint density at radius 3 is 3.20 bits per heavy atom. The Hall–Kier alpha value is -1.20. The summed E-state index contributed by atoms with van der Waals surface area (Å²) < 4.78 is 5.51. The highest BCUT2D eigenvalue weighted by Gasteiger charge is 2.40. The Kier molecular flexibility index (Phi) is 2.07. The fraction of sp³-hybridized carbons (Fsp3) is 0.600. The summed E-state index contributed by atoms with van der Waals surface area (Å²) in [6, 6.07) is 2.15. The first-order chi connectivity index (χ1) is 7.36. The summed E-state index contributed by atoms with van der Waals surface area (Å²) in [6.45, 7) is 1.62. The standard InChI is InChI=1S/C10H13N3O2/c14-5-7-1-2-11-10(12-7)13-4-9-3-8(13)6-15-9/h1-2,8-9,14H,3-6H2/t8-,9-/m0/s1. The molecule has 0 spiro atoms. The van der Waals surface area contributed by atoms with Gasteiger partial charge in [-0.1, -0.05) is 0 Å². The summed E-state index contributed by atoms with van der Waals surface area (Å²) in [4.78, 5) is 10.7. The van der Waals surface area contributed by atoms with Gasteiger partial charge in [-0.05, 0) is 12.5 Å². The van der Waals surface area contributed by atoms with E-state index < -0.39 is 0 Å². The number of aliphatic hydroxyl groups is 1. The van der Waals surface area contributed by atoms with Crippen LogP contribution in [-0.4, -0.2) is 40.4 Å². The Bertz CT molecular complexity index is 371. The molecule has 0 aliphatic carbocycles. The average molecular weight is 207 g/mol. The normalized spacial score (nSPS) is 28.7. The van der Waals surface area contributed by atoms with Crippen molar-refractivity contribution in [3.8, 4) is 0 Å². The number of hydrogen-bond acceptors (Lipinski definition) is 5. The maximum atomic E-state index is 9.00. The van der Waals surface area contributed by atoms with E-state index in [1.807, 2.05) is 0 Å². The Labute approximate surface area is 87.7 Å². The van der Waals surface area contributed by atoms with Gasteiger partial charge in [0.2, 0.25) is 5.95 Å². The molecule has 2 atom stereocenters. The van der Waals surface area contributed by atoms with Crippen LogP contribution in [0.15, 0.2) is 12.3 Å². The predicted molar refractivity (Wildman–Crippen MR) is 53.4 cm³/mol. The Morgan fingerprint density at radius 1 is 1.60 bits per heavy atom. The van der Waals surface area contributed by atoms with E-state index in [1.54, 1.807) is 12.3 Å². The van der Waals surface area contributed by atoms with E-state index in [0.717, 1.165) is 25.5 Å². The van der Waals surface area contributed by atoms with E-state index in [4.69, 9.17) is 9.84 Å². The highest BCUT2D eigenvalue weighted by molar-refractivity contribution is 5.36.